The van der Waals surface area contributed by atoms with Crippen LogP contribution in [0, 0.1) is 6.92 Å². The molecule has 7 nitrogen and oxygen atoms in total. The highest BCUT2D eigenvalue weighted by molar-refractivity contribution is 7.19. The topological polar surface area (TPSA) is 82.2 Å². The number of hydrogen-bond donors (Lipinski definition) is 0. The number of benzene rings is 1. The third kappa shape index (κ3) is 1.88. The smallest absolute Gasteiger partial charge is 0.235 e. The molecule has 4 heterocycles. The number of para-hydroxylation sites is 1. The zero-order valence-corrected chi connectivity index (χ0v) is 12.7. The Bertz CT molecular complexity index is 1120. The van der Waals surface area contributed by atoms with Gasteiger partial charge in [0.25, 0.3) is 0 Å². The summed E-state index contributed by atoms with van der Waals surface area (Å²) in [6.45, 7) is 1.83. The summed E-state index contributed by atoms with van der Waals surface area (Å²) in [5.41, 5.74) is 1.44. The molecule has 0 unspecified atom stereocenters. The fraction of sp³-hybridized carbons (Fsp3) is 0.0667. The summed E-state index contributed by atoms with van der Waals surface area (Å²) in [6, 6.07) is 11.6. The zero-order valence-electron chi connectivity index (χ0n) is 11.9. The van der Waals surface area contributed by atoms with E-state index in [0.29, 0.717) is 28.0 Å². The summed E-state index contributed by atoms with van der Waals surface area (Å²) >= 11 is 1.41. The molecule has 0 aliphatic rings. The van der Waals surface area contributed by atoms with Crippen molar-refractivity contribution >= 4 is 27.3 Å². The SMILES string of the molecule is Cc1cc(-c2nnc3sc(-c4cc5ccccc5o4)nn23)no1. The maximum Gasteiger partial charge on any atom is 0.235 e. The van der Waals surface area contributed by atoms with Crippen LogP contribution in [0.2, 0.25) is 0 Å². The minimum absolute atomic E-state index is 0.551. The van der Waals surface area contributed by atoms with Crippen LogP contribution < -0.4 is 0 Å². The van der Waals surface area contributed by atoms with Gasteiger partial charge in [0.05, 0.1) is 0 Å². The van der Waals surface area contributed by atoms with Crippen LogP contribution in [0.1, 0.15) is 5.76 Å². The van der Waals surface area contributed by atoms with Crippen molar-refractivity contribution in [3.63, 3.8) is 0 Å². The van der Waals surface area contributed by atoms with Crippen molar-refractivity contribution in [3.8, 4) is 22.3 Å². The molecule has 0 bridgehead atoms. The Labute approximate surface area is 133 Å². The van der Waals surface area contributed by atoms with Gasteiger partial charge in [-0.25, -0.2) is 0 Å². The van der Waals surface area contributed by atoms with Crippen LogP contribution >= 0.6 is 11.3 Å². The number of aryl methyl sites for hydroxylation is 1. The molecule has 0 saturated heterocycles. The average molecular weight is 323 g/mol. The number of nitrogens with zero attached hydrogens (tertiary/aromatic N) is 5. The van der Waals surface area contributed by atoms with E-state index in [0.717, 1.165) is 16.0 Å². The van der Waals surface area contributed by atoms with Crippen LogP contribution in [-0.4, -0.2) is 25.0 Å². The van der Waals surface area contributed by atoms with Crippen LogP contribution in [-0.2, 0) is 0 Å². The molecule has 8 heteroatoms. The molecule has 4 aromatic heterocycles. The lowest BCUT2D eigenvalue weighted by molar-refractivity contribution is 0.399. The van der Waals surface area contributed by atoms with Crippen molar-refractivity contribution in [1.82, 2.24) is 25.0 Å². The van der Waals surface area contributed by atoms with Gasteiger partial charge in [-0.05, 0) is 19.1 Å². The maximum atomic E-state index is 5.85. The van der Waals surface area contributed by atoms with Gasteiger partial charge in [-0.2, -0.15) is 4.52 Å². The van der Waals surface area contributed by atoms with E-state index in [1.807, 2.05) is 37.3 Å². The predicted octanol–water partition coefficient (Wildman–Crippen LogP) is 3.56. The molecule has 0 fully saturated rings. The molecule has 5 rings (SSSR count). The van der Waals surface area contributed by atoms with Gasteiger partial charge in [0.1, 0.15) is 11.3 Å². The molecule has 0 radical (unpaired) electrons. The second kappa shape index (κ2) is 4.50. The molecule has 0 saturated carbocycles. The van der Waals surface area contributed by atoms with Crippen LogP contribution in [0.25, 0.3) is 38.2 Å². The molecule has 0 spiro atoms. The minimum atomic E-state index is 0.551. The fourth-order valence-corrected chi connectivity index (χ4v) is 3.23. The summed E-state index contributed by atoms with van der Waals surface area (Å²) in [6.07, 6.45) is 0. The molecule has 0 aliphatic carbocycles. The van der Waals surface area contributed by atoms with E-state index < -0.39 is 0 Å². The minimum Gasteiger partial charge on any atom is -0.453 e. The molecule has 5 aromatic rings. The van der Waals surface area contributed by atoms with Gasteiger partial charge in [0.15, 0.2) is 16.5 Å². The van der Waals surface area contributed by atoms with E-state index in [1.54, 1.807) is 10.6 Å². The number of hydrogen-bond acceptors (Lipinski definition) is 7. The molecule has 0 N–H and O–H groups in total. The van der Waals surface area contributed by atoms with E-state index in [2.05, 4.69) is 20.5 Å². The third-order valence-corrected chi connectivity index (χ3v) is 4.40. The zero-order chi connectivity index (χ0) is 15.4. The lowest BCUT2D eigenvalue weighted by Gasteiger charge is -1.89. The highest BCUT2D eigenvalue weighted by Crippen LogP contribution is 2.31. The molecule has 0 amide bonds. The first kappa shape index (κ1) is 12.5. The lowest BCUT2D eigenvalue weighted by Crippen LogP contribution is -1.90. The monoisotopic (exact) mass is 323 g/mol. The van der Waals surface area contributed by atoms with Gasteiger partial charge < -0.3 is 8.94 Å². The highest BCUT2D eigenvalue weighted by atomic mass is 32.1. The van der Waals surface area contributed by atoms with Crippen molar-refractivity contribution in [1.29, 1.82) is 0 Å². The number of rotatable bonds is 2. The van der Waals surface area contributed by atoms with Gasteiger partial charge in [-0.15, -0.1) is 15.3 Å². The Kier molecular flexibility index (Phi) is 2.45. The van der Waals surface area contributed by atoms with Crippen molar-refractivity contribution in [2.24, 2.45) is 0 Å². The van der Waals surface area contributed by atoms with Crippen molar-refractivity contribution in [3.05, 3.63) is 42.2 Å². The fourth-order valence-electron chi connectivity index (χ4n) is 2.44. The second-order valence-corrected chi connectivity index (χ2v) is 6.05. The maximum absolute atomic E-state index is 5.85. The summed E-state index contributed by atoms with van der Waals surface area (Å²) in [7, 11) is 0. The van der Waals surface area contributed by atoms with Crippen LogP contribution in [0.5, 0.6) is 0 Å². The standard InChI is InChI=1S/C15H9N5O2S/c1-8-6-10(19-22-8)13-16-17-15-20(13)18-14(23-15)12-7-9-4-2-3-5-11(9)21-12/h2-7H,1H3. The molecular formula is C15H9N5O2S. The van der Waals surface area contributed by atoms with Crippen LogP contribution in [0.4, 0.5) is 0 Å². The lowest BCUT2D eigenvalue weighted by atomic mass is 10.2. The van der Waals surface area contributed by atoms with Gasteiger partial charge in [-0.3, -0.25) is 0 Å². The summed E-state index contributed by atoms with van der Waals surface area (Å²) < 4.78 is 12.6. The Hall–Kier alpha value is -3.00. The van der Waals surface area contributed by atoms with Gasteiger partial charge in [-0.1, -0.05) is 34.7 Å². The van der Waals surface area contributed by atoms with Crippen molar-refractivity contribution in [2.45, 2.75) is 6.92 Å². The number of fused-ring (bicyclic) bond motifs is 2. The first-order chi connectivity index (χ1) is 11.3. The summed E-state index contributed by atoms with van der Waals surface area (Å²) in [5.74, 6) is 1.98. The number of furan rings is 1. The average Bonchev–Trinajstić information content (AvgIpc) is 3.28. The summed E-state index contributed by atoms with van der Waals surface area (Å²) in [4.78, 5) is 0.677. The second-order valence-electron chi connectivity index (χ2n) is 5.10. The first-order valence-electron chi connectivity index (χ1n) is 6.93. The Morgan fingerprint density at radius 3 is 2.87 bits per heavy atom. The van der Waals surface area contributed by atoms with Crippen molar-refractivity contribution in [2.75, 3.05) is 0 Å². The molecule has 23 heavy (non-hydrogen) atoms. The Morgan fingerprint density at radius 2 is 2.04 bits per heavy atom. The van der Waals surface area contributed by atoms with Gasteiger partial charge in [0, 0.05) is 11.5 Å². The van der Waals surface area contributed by atoms with E-state index >= 15 is 0 Å². The van der Waals surface area contributed by atoms with Crippen LogP contribution in [0.3, 0.4) is 0 Å². The molecule has 1 aromatic carbocycles. The first-order valence-corrected chi connectivity index (χ1v) is 7.74. The van der Waals surface area contributed by atoms with Gasteiger partial charge in [0.2, 0.25) is 10.8 Å². The van der Waals surface area contributed by atoms with E-state index in [4.69, 9.17) is 8.94 Å². The Morgan fingerprint density at radius 1 is 1.13 bits per heavy atom. The van der Waals surface area contributed by atoms with Crippen molar-refractivity contribution < 1.29 is 8.94 Å². The third-order valence-electron chi connectivity index (χ3n) is 3.48. The van der Waals surface area contributed by atoms with E-state index in [-0.39, 0.29) is 0 Å². The quantitative estimate of drug-likeness (QED) is 0.494. The molecule has 0 atom stereocenters. The predicted molar refractivity (Wildman–Crippen MR) is 84.1 cm³/mol. The van der Waals surface area contributed by atoms with E-state index in [9.17, 15) is 0 Å². The van der Waals surface area contributed by atoms with E-state index in [1.165, 1.54) is 11.3 Å². The molecule has 0 aliphatic heterocycles. The molecular weight excluding hydrogens is 314 g/mol. The van der Waals surface area contributed by atoms with Gasteiger partial charge >= 0.3 is 0 Å². The largest absolute Gasteiger partial charge is 0.453 e. The van der Waals surface area contributed by atoms with Crippen LogP contribution in [0.15, 0.2) is 45.3 Å². The Balaban J connectivity index is 1.67. The number of aromatic nitrogens is 5. The normalized spacial score (nSPS) is 11.7. The highest BCUT2D eigenvalue weighted by Gasteiger charge is 2.18. The summed E-state index contributed by atoms with van der Waals surface area (Å²) in [5, 5.41) is 18.6. The molecule has 112 valence electrons.